The smallest absolute Gasteiger partial charge is 0.285 e. The van der Waals surface area contributed by atoms with Crippen LogP contribution in [0.3, 0.4) is 0 Å². The van der Waals surface area contributed by atoms with Gasteiger partial charge in [-0.1, -0.05) is 12.1 Å². The minimum Gasteiger partial charge on any atom is -0.339 e. The summed E-state index contributed by atoms with van der Waals surface area (Å²) in [5.41, 5.74) is 0. The Kier molecular flexibility index (Phi) is 3.17. The van der Waals surface area contributed by atoms with E-state index in [1.54, 1.807) is 31.1 Å². The molecule has 0 unspecified atom stereocenters. The Balaban J connectivity index is 2.59. The van der Waals surface area contributed by atoms with Gasteiger partial charge in [0.15, 0.2) is 0 Å². The Bertz CT molecular complexity index is 258. The third-order valence-corrected chi connectivity index (χ3v) is 2.31. The second-order valence-electron chi connectivity index (χ2n) is 2.50. The molecule has 0 bridgehead atoms. The molecule has 0 atom stereocenters. The van der Waals surface area contributed by atoms with E-state index in [4.69, 9.17) is 0 Å². The van der Waals surface area contributed by atoms with E-state index in [1.165, 1.54) is 11.8 Å². The highest BCUT2D eigenvalue weighted by Crippen LogP contribution is 2.18. The highest BCUT2D eigenvalue weighted by Gasteiger charge is 2.04. The molecule has 2 nitrogen and oxygen atoms in total. The summed E-state index contributed by atoms with van der Waals surface area (Å²) < 4.78 is 0. The van der Waals surface area contributed by atoms with Crippen molar-refractivity contribution in [1.82, 2.24) is 4.90 Å². The Morgan fingerprint density at radius 3 is 2.50 bits per heavy atom. The average molecular weight is 180 g/mol. The van der Waals surface area contributed by atoms with Crippen LogP contribution in [0.4, 0.5) is 4.79 Å². The second-order valence-corrected chi connectivity index (χ2v) is 3.52. The largest absolute Gasteiger partial charge is 0.339 e. The molecule has 0 fully saturated rings. The molecule has 0 aliphatic rings. The van der Waals surface area contributed by atoms with E-state index in [-0.39, 0.29) is 5.24 Å². The van der Waals surface area contributed by atoms with Crippen LogP contribution in [0.25, 0.3) is 0 Å². The first-order valence-electron chi connectivity index (χ1n) is 3.55. The molecular formula is C9H10NOS. The molecule has 1 amide bonds. The van der Waals surface area contributed by atoms with Gasteiger partial charge in [-0.25, -0.2) is 0 Å². The van der Waals surface area contributed by atoms with Crippen molar-refractivity contribution in [3.8, 4) is 0 Å². The minimum absolute atomic E-state index is 0.0428. The van der Waals surface area contributed by atoms with Crippen molar-refractivity contribution < 1.29 is 4.79 Å². The van der Waals surface area contributed by atoms with Crippen molar-refractivity contribution in [2.75, 3.05) is 14.1 Å². The summed E-state index contributed by atoms with van der Waals surface area (Å²) in [6.45, 7) is 0. The normalized spacial score (nSPS) is 9.50. The maximum absolute atomic E-state index is 11.2. The SMILES string of the molecule is CN(C)C(=O)Sc1cc[c]cc1. The topological polar surface area (TPSA) is 20.3 Å². The molecule has 0 spiro atoms. The lowest BCUT2D eigenvalue weighted by Gasteiger charge is -2.08. The van der Waals surface area contributed by atoms with Gasteiger partial charge in [0.25, 0.3) is 5.24 Å². The van der Waals surface area contributed by atoms with E-state index < -0.39 is 0 Å². The minimum atomic E-state index is 0.0428. The molecule has 0 aliphatic heterocycles. The van der Waals surface area contributed by atoms with Gasteiger partial charge in [-0.2, -0.15) is 0 Å². The van der Waals surface area contributed by atoms with E-state index in [2.05, 4.69) is 6.07 Å². The maximum Gasteiger partial charge on any atom is 0.285 e. The van der Waals surface area contributed by atoms with Gasteiger partial charge in [0.1, 0.15) is 0 Å². The van der Waals surface area contributed by atoms with Crippen molar-refractivity contribution in [1.29, 1.82) is 0 Å². The zero-order chi connectivity index (χ0) is 8.97. The first kappa shape index (κ1) is 9.13. The summed E-state index contributed by atoms with van der Waals surface area (Å²) in [4.78, 5) is 13.7. The fourth-order valence-electron chi connectivity index (χ4n) is 0.632. The summed E-state index contributed by atoms with van der Waals surface area (Å²) in [5, 5.41) is 0.0428. The van der Waals surface area contributed by atoms with Crippen LogP contribution >= 0.6 is 11.8 Å². The Morgan fingerprint density at radius 2 is 2.00 bits per heavy atom. The van der Waals surface area contributed by atoms with E-state index in [0.29, 0.717) is 0 Å². The second kappa shape index (κ2) is 4.16. The van der Waals surface area contributed by atoms with Gasteiger partial charge >= 0.3 is 0 Å². The van der Waals surface area contributed by atoms with Gasteiger partial charge in [0.2, 0.25) is 0 Å². The molecule has 0 N–H and O–H groups in total. The molecule has 1 aromatic rings. The summed E-state index contributed by atoms with van der Waals surface area (Å²) >= 11 is 1.22. The zero-order valence-corrected chi connectivity index (χ0v) is 7.89. The van der Waals surface area contributed by atoms with E-state index in [0.717, 1.165) is 4.90 Å². The molecule has 0 saturated carbocycles. The Morgan fingerprint density at radius 1 is 1.42 bits per heavy atom. The summed E-state index contributed by atoms with van der Waals surface area (Å²) in [5.74, 6) is 0. The molecule has 0 heterocycles. The molecule has 63 valence electrons. The van der Waals surface area contributed by atoms with Crippen LogP contribution in [0.2, 0.25) is 0 Å². The fourth-order valence-corrected chi connectivity index (χ4v) is 1.29. The summed E-state index contributed by atoms with van der Waals surface area (Å²) in [6, 6.07) is 10.2. The molecule has 12 heavy (non-hydrogen) atoms. The number of nitrogens with zero attached hydrogens (tertiary/aromatic N) is 1. The summed E-state index contributed by atoms with van der Waals surface area (Å²) in [7, 11) is 3.48. The van der Waals surface area contributed by atoms with Crippen LogP contribution in [0, 0.1) is 6.07 Å². The Labute approximate surface area is 76.6 Å². The molecule has 1 rings (SSSR count). The fraction of sp³-hybridized carbons (Fsp3) is 0.222. The van der Waals surface area contributed by atoms with Gasteiger partial charge in [-0.15, -0.1) is 0 Å². The average Bonchev–Trinajstić information content (AvgIpc) is 2.06. The molecule has 1 radical (unpaired) electrons. The van der Waals surface area contributed by atoms with Gasteiger partial charge < -0.3 is 4.90 Å². The standard InChI is InChI=1S/C9H10NOS/c1-10(2)9(11)12-8-6-4-3-5-7-8/h4-7H,1-2H3. The maximum atomic E-state index is 11.2. The predicted octanol–water partition coefficient (Wildman–Crippen LogP) is 2.26. The quantitative estimate of drug-likeness (QED) is 0.618. The number of amides is 1. The van der Waals surface area contributed by atoms with Gasteiger partial charge in [-0.3, -0.25) is 4.79 Å². The number of rotatable bonds is 1. The lowest BCUT2D eigenvalue weighted by atomic mass is 10.4. The third kappa shape index (κ3) is 2.58. The highest BCUT2D eigenvalue weighted by molar-refractivity contribution is 8.13. The van der Waals surface area contributed by atoms with Gasteiger partial charge in [-0.05, 0) is 30.0 Å². The number of thioether (sulfide) groups is 1. The van der Waals surface area contributed by atoms with Crippen LogP contribution in [-0.2, 0) is 0 Å². The summed E-state index contributed by atoms with van der Waals surface area (Å²) in [6.07, 6.45) is 0. The number of hydrogen-bond donors (Lipinski definition) is 0. The van der Waals surface area contributed by atoms with E-state index in [9.17, 15) is 4.79 Å². The monoisotopic (exact) mass is 180 g/mol. The third-order valence-electron chi connectivity index (χ3n) is 1.26. The molecular weight excluding hydrogens is 170 g/mol. The van der Waals surface area contributed by atoms with E-state index >= 15 is 0 Å². The molecule has 0 saturated heterocycles. The molecule has 3 heteroatoms. The number of carbonyl (C=O) groups is 1. The highest BCUT2D eigenvalue weighted by atomic mass is 32.2. The Hall–Kier alpha value is -0.960. The molecule has 1 aromatic carbocycles. The van der Waals surface area contributed by atoms with Crippen molar-refractivity contribution in [3.05, 3.63) is 30.3 Å². The van der Waals surface area contributed by atoms with Gasteiger partial charge in [0.05, 0.1) is 0 Å². The molecule has 0 aliphatic carbocycles. The first-order valence-corrected chi connectivity index (χ1v) is 4.37. The number of hydrogen-bond acceptors (Lipinski definition) is 2. The van der Waals surface area contributed by atoms with Crippen molar-refractivity contribution >= 4 is 17.0 Å². The van der Waals surface area contributed by atoms with Crippen LogP contribution < -0.4 is 0 Å². The van der Waals surface area contributed by atoms with E-state index in [1.807, 2.05) is 12.1 Å². The molecule has 0 aromatic heterocycles. The number of carbonyl (C=O) groups excluding carboxylic acids is 1. The lowest BCUT2D eigenvalue weighted by Crippen LogP contribution is -2.15. The number of benzene rings is 1. The van der Waals surface area contributed by atoms with Crippen molar-refractivity contribution in [2.24, 2.45) is 0 Å². The van der Waals surface area contributed by atoms with Crippen LogP contribution in [0.5, 0.6) is 0 Å². The first-order chi connectivity index (χ1) is 5.70. The van der Waals surface area contributed by atoms with Crippen molar-refractivity contribution in [3.63, 3.8) is 0 Å². The predicted molar refractivity (Wildman–Crippen MR) is 50.2 cm³/mol. The van der Waals surface area contributed by atoms with Gasteiger partial charge in [0, 0.05) is 19.0 Å². The van der Waals surface area contributed by atoms with Crippen LogP contribution in [0.15, 0.2) is 29.2 Å². The van der Waals surface area contributed by atoms with Crippen LogP contribution in [0.1, 0.15) is 0 Å². The lowest BCUT2D eigenvalue weighted by molar-refractivity contribution is 0.241. The van der Waals surface area contributed by atoms with Crippen molar-refractivity contribution in [2.45, 2.75) is 4.90 Å². The van der Waals surface area contributed by atoms with Crippen LogP contribution in [-0.4, -0.2) is 24.2 Å². The zero-order valence-electron chi connectivity index (χ0n) is 7.07.